The summed E-state index contributed by atoms with van der Waals surface area (Å²) in [5.41, 5.74) is 0. The molecule has 0 aliphatic heterocycles. The fourth-order valence-corrected chi connectivity index (χ4v) is 1.63. The van der Waals surface area contributed by atoms with E-state index in [4.69, 9.17) is 9.47 Å². The van der Waals surface area contributed by atoms with Crippen molar-refractivity contribution >= 4 is 17.7 Å². The predicted octanol–water partition coefficient (Wildman–Crippen LogP) is 0.907. The van der Waals surface area contributed by atoms with Crippen molar-refractivity contribution in [3.63, 3.8) is 0 Å². The second kappa shape index (κ2) is 10.3. The molecule has 0 spiro atoms. The standard InChI is InChI=1S/C10H21NO3S/c1-4-15-8-9(2)11-10(12)7-14-6-5-13-3/h9H,4-8H2,1-3H3,(H,11,12). The largest absolute Gasteiger partial charge is 0.382 e. The van der Waals surface area contributed by atoms with E-state index in [0.717, 1.165) is 11.5 Å². The summed E-state index contributed by atoms with van der Waals surface area (Å²) in [7, 11) is 1.60. The van der Waals surface area contributed by atoms with E-state index in [-0.39, 0.29) is 18.6 Å². The molecule has 0 heterocycles. The number of ether oxygens (including phenoxy) is 2. The van der Waals surface area contributed by atoms with Gasteiger partial charge in [-0.1, -0.05) is 6.92 Å². The molecule has 15 heavy (non-hydrogen) atoms. The van der Waals surface area contributed by atoms with Crippen molar-refractivity contribution in [3.8, 4) is 0 Å². The predicted molar refractivity (Wildman–Crippen MR) is 63.3 cm³/mol. The Labute approximate surface area is 96.1 Å². The number of hydrogen-bond donors (Lipinski definition) is 1. The molecule has 0 aliphatic carbocycles. The molecule has 0 saturated carbocycles. The molecular weight excluding hydrogens is 214 g/mol. The summed E-state index contributed by atoms with van der Waals surface area (Å²) >= 11 is 1.81. The Balaban J connectivity index is 3.38. The van der Waals surface area contributed by atoms with Crippen molar-refractivity contribution in [2.24, 2.45) is 0 Å². The van der Waals surface area contributed by atoms with Crippen molar-refractivity contribution < 1.29 is 14.3 Å². The summed E-state index contributed by atoms with van der Waals surface area (Å²) in [4.78, 5) is 11.3. The van der Waals surface area contributed by atoms with Crippen molar-refractivity contribution in [2.75, 3.05) is 38.4 Å². The molecule has 0 saturated heterocycles. The molecule has 0 aromatic carbocycles. The van der Waals surface area contributed by atoms with E-state index >= 15 is 0 Å². The Morgan fingerprint density at radius 1 is 1.47 bits per heavy atom. The quantitative estimate of drug-likeness (QED) is 0.603. The minimum atomic E-state index is -0.0599. The molecule has 1 amide bonds. The highest BCUT2D eigenvalue weighted by Gasteiger charge is 2.06. The van der Waals surface area contributed by atoms with E-state index in [1.165, 1.54) is 0 Å². The SMILES string of the molecule is CCSCC(C)NC(=O)COCCOC. The Morgan fingerprint density at radius 3 is 2.80 bits per heavy atom. The third kappa shape index (κ3) is 10.0. The average Bonchev–Trinajstić information content (AvgIpc) is 2.21. The van der Waals surface area contributed by atoms with Crippen molar-refractivity contribution in [1.29, 1.82) is 0 Å². The van der Waals surface area contributed by atoms with Gasteiger partial charge in [0.1, 0.15) is 6.61 Å². The Hall–Kier alpha value is -0.260. The molecule has 0 rings (SSSR count). The van der Waals surface area contributed by atoms with Crippen molar-refractivity contribution in [2.45, 2.75) is 19.9 Å². The summed E-state index contributed by atoms with van der Waals surface area (Å²) in [5, 5.41) is 2.87. The number of nitrogens with one attached hydrogen (secondary N) is 1. The number of rotatable bonds is 9. The molecule has 0 bridgehead atoms. The molecule has 1 unspecified atom stereocenters. The van der Waals surface area contributed by atoms with E-state index in [9.17, 15) is 4.79 Å². The van der Waals surface area contributed by atoms with Gasteiger partial charge in [0.2, 0.25) is 5.91 Å². The van der Waals surface area contributed by atoms with E-state index in [2.05, 4.69) is 12.2 Å². The summed E-state index contributed by atoms with van der Waals surface area (Å²) in [6.07, 6.45) is 0. The Bertz CT molecular complexity index is 167. The molecule has 4 nitrogen and oxygen atoms in total. The van der Waals surface area contributed by atoms with Crippen LogP contribution in [0.25, 0.3) is 0 Å². The van der Waals surface area contributed by atoms with Gasteiger partial charge in [0.05, 0.1) is 13.2 Å². The molecule has 5 heteroatoms. The van der Waals surface area contributed by atoms with Crippen LogP contribution in [0.5, 0.6) is 0 Å². The zero-order valence-electron chi connectivity index (χ0n) is 9.75. The number of carbonyl (C=O) groups excluding carboxylic acids is 1. The number of hydrogen-bond acceptors (Lipinski definition) is 4. The highest BCUT2D eigenvalue weighted by Crippen LogP contribution is 2.00. The summed E-state index contributed by atoms with van der Waals surface area (Å²) in [5.74, 6) is 1.96. The van der Waals surface area contributed by atoms with Crippen molar-refractivity contribution in [3.05, 3.63) is 0 Å². The maximum Gasteiger partial charge on any atom is 0.246 e. The fourth-order valence-electron chi connectivity index (χ4n) is 0.960. The maximum absolute atomic E-state index is 11.3. The van der Waals surface area contributed by atoms with Gasteiger partial charge in [0.15, 0.2) is 0 Å². The molecule has 1 atom stereocenters. The lowest BCUT2D eigenvalue weighted by atomic mass is 10.4. The van der Waals surface area contributed by atoms with Crippen LogP contribution >= 0.6 is 11.8 Å². The minimum Gasteiger partial charge on any atom is -0.382 e. The van der Waals surface area contributed by atoms with E-state index < -0.39 is 0 Å². The first kappa shape index (κ1) is 14.7. The fraction of sp³-hybridized carbons (Fsp3) is 0.900. The molecule has 0 aromatic rings. The molecule has 0 fully saturated rings. The lowest BCUT2D eigenvalue weighted by Gasteiger charge is -2.12. The van der Waals surface area contributed by atoms with Gasteiger partial charge in [-0.15, -0.1) is 0 Å². The summed E-state index contributed by atoms with van der Waals surface area (Å²) in [6.45, 7) is 5.20. The Kier molecular flexibility index (Phi) is 10.1. The lowest BCUT2D eigenvalue weighted by Crippen LogP contribution is -2.37. The van der Waals surface area contributed by atoms with E-state index in [1.54, 1.807) is 7.11 Å². The first-order valence-corrected chi connectivity index (χ1v) is 6.30. The van der Waals surface area contributed by atoms with Crippen LogP contribution in [0, 0.1) is 0 Å². The van der Waals surface area contributed by atoms with Crippen LogP contribution in [-0.2, 0) is 14.3 Å². The second-order valence-corrected chi connectivity index (χ2v) is 4.49. The van der Waals surface area contributed by atoms with Gasteiger partial charge < -0.3 is 14.8 Å². The molecule has 90 valence electrons. The van der Waals surface area contributed by atoms with E-state index in [0.29, 0.717) is 13.2 Å². The zero-order chi connectivity index (χ0) is 11.5. The Morgan fingerprint density at radius 2 is 2.20 bits per heavy atom. The van der Waals surface area contributed by atoms with Gasteiger partial charge in [-0.05, 0) is 12.7 Å². The number of carbonyl (C=O) groups is 1. The highest BCUT2D eigenvalue weighted by molar-refractivity contribution is 7.99. The van der Waals surface area contributed by atoms with Gasteiger partial charge in [0.25, 0.3) is 0 Å². The van der Waals surface area contributed by atoms with Gasteiger partial charge in [-0.2, -0.15) is 11.8 Å². The lowest BCUT2D eigenvalue weighted by molar-refractivity contribution is -0.126. The van der Waals surface area contributed by atoms with E-state index in [1.807, 2.05) is 18.7 Å². The van der Waals surface area contributed by atoms with Crippen LogP contribution in [0.3, 0.4) is 0 Å². The molecule has 1 N–H and O–H groups in total. The zero-order valence-corrected chi connectivity index (χ0v) is 10.6. The van der Waals surface area contributed by atoms with Crippen LogP contribution < -0.4 is 5.32 Å². The third-order valence-electron chi connectivity index (χ3n) is 1.64. The van der Waals surface area contributed by atoms with Crippen LogP contribution in [0.4, 0.5) is 0 Å². The second-order valence-electron chi connectivity index (χ2n) is 3.17. The number of thioether (sulfide) groups is 1. The van der Waals surface area contributed by atoms with Crippen LogP contribution in [-0.4, -0.2) is 50.4 Å². The molecular formula is C10H21NO3S. The average molecular weight is 235 g/mol. The third-order valence-corrected chi connectivity index (χ3v) is 2.79. The summed E-state index contributed by atoms with van der Waals surface area (Å²) in [6, 6.07) is 0.202. The van der Waals surface area contributed by atoms with Crippen molar-refractivity contribution in [1.82, 2.24) is 5.32 Å². The topological polar surface area (TPSA) is 47.6 Å². The highest BCUT2D eigenvalue weighted by atomic mass is 32.2. The summed E-state index contributed by atoms with van der Waals surface area (Å²) < 4.78 is 9.90. The molecule has 0 radical (unpaired) electrons. The number of amides is 1. The monoisotopic (exact) mass is 235 g/mol. The first-order valence-electron chi connectivity index (χ1n) is 5.14. The van der Waals surface area contributed by atoms with Gasteiger partial charge >= 0.3 is 0 Å². The first-order chi connectivity index (χ1) is 7.20. The molecule has 0 aliphatic rings. The number of methoxy groups -OCH3 is 1. The smallest absolute Gasteiger partial charge is 0.246 e. The van der Waals surface area contributed by atoms with Gasteiger partial charge in [-0.3, -0.25) is 4.79 Å². The van der Waals surface area contributed by atoms with Gasteiger partial charge in [0, 0.05) is 18.9 Å². The minimum absolute atomic E-state index is 0.0599. The molecule has 0 aromatic heterocycles. The normalized spacial score (nSPS) is 12.5. The van der Waals surface area contributed by atoms with Gasteiger partial charge in [-0.25, -0.2) is 0 Å². The maximum atomic E-state index is 11.3. The van der Waals surface area contributed by atoms with Crippen LogP contribution in [0.2, 0.25) is 0 Å². The van der Waals surface area contributed by atoms with Crippen LogP contribution in [0.1, 0.15) is 13.8 Å². The van der Waals surface area contributed by atoms with Crippen LogP contribution in [0.15, 0.2) is 0 Å².